The fourth-order valence-electron chi connectivity index (χ4n) is 2.12. The number of phenols is 1. The largest absolute Gasteiger partial charge is 0.508 e. The van der Waals surface area contributed by atoms with Gasteiger partial charge in [0.05, 0.1) is 23.2 Å². The van der Waals surface area contributed by atoms with Gasteiger partial charge in [0.15, 0.2) is 0 Å². The van der Waals surface area contributed by atoms with Crippen LogP contribution < -0.4 is 0 Å². The summed E-state index contributed by atoms with van der Waals surface area (Å²) in [5.41, 5.74) is 0.284. The molecule has 1 amide bonds. The number of benzene rings is 1. The monoisotopic (exact) mass is 255 g/mol. The number of rotatable bonds is 2. The lowest BCUT2D eigenvalue weighted by molar-refractivity contribution is 0.0677. The minimum Gasteiger partial charge on any atom is -0.508 e. The van der Waals surface area contributed by atoms with Crippen molar-refractivity contribution in [1.82, 2.24) is 4.90 Å². The predicted molar refractivity (Wildman–Crippen MR) is 64.3 cm³/mol. The van der Waals surface area contributed by atoms with Crippen molar-refractivity contribution in [3.05, 3.63) is 28.8 Å². The van der Waals surface area contributed by atoms with Gasteiger partial charge in [0.1, 0.15) is 5.75 Å². The Balaban J connectivity index is 2.27. The molecule has 0 radical (unpaired) electrons. The lowest BCUT2D eigenvalue weighted by Gasteiger charge is -2.23. The maximum atomic E-state index is 12.2. The van der Waals surface area contributed by atoms with Gasteiger partial charge >= 0.3 is 0 Å². The van der Waals surface area contributed by atoms with Crippen LogP contribution in [0.2, 0.25) is 5.02 Å². The van der Waals surface area contributed by atoms with Crippen LogP contribution >= 0.6 is 11.6 Å². The molecule has 1 aromatic rings. The molecule has 1 saturated heterocycles. The molecular weight excluding hydrogens is 242 g/mol. The number of hydrogen-bond donors (Lipinski definition) is 2. The number of nitrogens with zero attached hydrogens (tertiary/aromatic N) is 1. The first-order valence-corrected chi connectivity index (χ1v) is 5.91. The van der Waals surface area contributed by atoms with Crippen LogP contribution in [0.5, 0.6) is 5.75 Å². The Morgan fingerprint density at radius 2 is 2.29 bits per heavy atom. The van der Waals surface area contributed by atoms with Crippen molar-refractivity contribution >= 4 is 17.5 Å². The Labute approximate surface area is 104 Å². The van der Waals surface area contributed by atoms with Gasteiger partial charge in [0.2, 0.25) is 0 Å². The minimum atomic E-state index is -0.234. The van der Waals surface area contributed by atoms with Crippen LogP contribution in [-0.2, 0) is 0 Å². The number of halogens is 1. The lowest BCUT2D eigenvalue weighted by Crippen LogP contribution is -2.37. The third-order valence-corrected chi connectivity index (χ3v) is 3.36. The molecule has 2 rings (SSSR count). The van der Waals surface area contributed by atoms with Crippen molar-refractivity contribution in [3.8, 4) is 5.75 Å². The quantitative estimate of drug-likeness (QED) is 0.845. The molecule has 1 aliphatic heterocycles. The number of carbonyl (C=O) groups excluding carboxylic acids is 1. The molecule has 0 aliphatic carbocycles. The molecular formula is C12H14ClNO3. The zero-order chi connectivity index (χ0) is 12.4. The average molecular weight is 256 g/mol. The van der Waals surface area contributed by atoms with E-state index in [9.17, 15) is 15.0 Å². The average Bonchev–Trinajstić information content (AvgIpc) is 2.79. The summed E-state index contributed by atoms with van der Waals surface area (Å²) in [6.07, 6.45) is 1.69. The van der Waals surface area contributed by atoms with Crippen molar-refractivity contribution in [2.24, 2.45) is 0 Å². The first-order valence-electron chi connectivity index (χ1n) is 5.54. The van der Waals surface area contributed by atoms with Crippen molar-refractivity contribution < 1.29 is 15.0 Å². The smallest absolute Gasteiger partial charge is 0.255 e. The van der Waals surface area contributed by atoms with Gasteiger partial charge in [-0.3, -0.25) is 4.79 Å². The van der Waals surface area contributed by atoms with Crippen LogP contribution in [0.3, 0.4) is 0 Å². The highest BCUT2D eigenvalue weighted by atomic mass is 35.5. The van der Waals surface area contributed by atoms with Crippen LogP contribution in [0.15, 0.2) is 18.2 Å². The summed E-state index contributed by atoms with van der Waals surface area (Å²) in [5.74, 6) is -0.222. The van der Waals surface area contributed by atoms with Crippen LogP contribution in [0.25, 0.3) is 0 Å². The SMILES string of the molecule is O=C(c1cc(O)ccc1Cl)N1CCC[C@H]1CO. The van der Waals surface area contributed by atoms with Crippen LogP contribution in [0, 0.1) is 0 Å². The molecule has 0 saturated carbocycles. The molecule has 1 aliphatic rings. The maximum Gasteiger partial charge on any atom is 0.255 e. The third-order valence-electron chi connectivity index (χ3n) is 3.03. The lowest BCUT2D eigenvalue weighted by atomic mass is 10.1. The van der Waals surface area contributed by atoms with E-state index < -0.39 is 0 Å². The number of amides is 1. The molecule has 4 nitrogen and oxygen atoms in total. The first kappa shape index (κ1) is 12.2. The number of aliphatic hydroxyl groups is 1. The highest BCUT2D eigenvalue weighted by molar-refractivity contribution is 6.33. The summed E-state index contributed by atoms with van der Waals surface area (Å²) in [7, 11) is 0. The fraction of sp³-hybridized carbons (Fsp3) is 0.417. The number of likely N-dealkylation sites (tertiary alicyclic amines) is 1. The van der Waals surface area contributed by atoms with Crippen molar-refractivity contribution in [3.63, 3.8) is 0 Å². The Morgan fingerprint density at radius 3 is 3.00 bits per heavy atom. The standard InChI is InChI=1S/C12H14ClNO3/c13-11-4-3-9(16)6-10(11)12(17)14-5-1-2-8(14)7-15/h3-4,6,8,15-16H,1-2,5,7H2/t8-/m0/s1. The highest BCUT2D eigenvalue weighted by Crippen LogP contribution is 2.26. The number of carbonyl (C=O) groups is 1. The fourth-order valence-corrected chi connectivity index (χ4v) is 2.32. The molecule has 2 N–H and O–H groups in total. The van der Waals surface area contributed by atoms with Gasteiger partial charge in [-0.05, 0) is 31.0 Å². The zero-order valence-corrected chi connectivity index (χ0v) is 10.0. The first-order chi connectivity index (χ1) is 8.13. The van der Waals surface area contributed by atoms with Crippen LogP contribution in [0.1, 0.15) is 23.2 Å². The molecule has 0 spiro atoms. The minimum absolute atomic E-state index is 0.0116. The summed E-state index contributed by atoms with van der Waals surface area (Å²) < 4.78 is 0. The molecule has 0 bridgehead atoms. The number of hydrogen-bond acceptors (Lipinski definition) is 3. The predicted octanol–water partition coefficient (Wildman–Crippen LogP) is 1.64. The van der Waals surface area contributed by atoms with E-state index in [0.717, 1.165) is 12.8 Å². The van der Waals surface area contributed by atoms with Crippen molar-refractivity contribution in [2.45, 2.75) is 18.9 Å². The second-order valence-electron chi connectivity index (χ2n) is 4.14. The third kappa shape index (κ3) is 2.37. The second-order valence-corrected chi connectivity index (χ2v) is 4.55. The number of phenolic OH excluding ortho intramolecular Hbond substituents is 1. The molecule has 92 valence electrons. The maximum absolute atomic E-state index is 12.2. The molecule has 1 fully saturated rings. The summed E-state index contributed by atoms with van der Waals surface area (Å²) >= 11 is 5.94. The molecule has 5 heteroatoms. The van der Waals surface area contributed by atoms with Crippen molar-refractivity contribution in [2.75, 3.05) is 13.2 Å². The number of aromatic hydroxyl groups is 1. The van der Waals surface area contributed by atoms with Gasteiger partial charge in [0, 0.05) is 6.54 Å². The van der Waals surface area contributed by atoms with Crippen LogP contribution in [0.4, 0.5) is 0 Å². The van der Waals surface area contributed by atoms with E-state index in [2.05, 4.69) is 0 Å². The van der Waals surface area contributed by atoms with E-state index in [1.165, 1.54) is 18.2 Å². The molecule has 1 heterocycles. The summed E-state index contributed by atoms with van der Waals surface area (Å²) in [5, 5.41) is 18.9. The van der Waals surface area contributed by atoms with Gasteiger partial charge in [0.25, 0.3) is 5.91 Å². The van der Waals surface area contributed by atoms with Crippen LogP contribution in [-0.4, -0.2) is 40.2 Å². The Morgan fingerprint density at radius 1 is 1.53 bits per heavy atom. The second kappa shape index (κ2) is 4.94. The summed E-state index contributed by atoms with van der Waals surface area (Å²) in [6, 6.07) is 4.15. The van der Waals surface area contributed by atoms with Gasteiger partial charge in [-0.1, -0.05) is 11.6 Å². The Hall–Kier alpha value is -1.26. The molecule has 0 unspecified atom stereocenters. The van der Waals surface area contributed by atoms with E-state index in [1.807, 2.05) is 0 Å². The van der Waals surface area contributed by atoms with Gasteiger partial charge in [-0.15, -0.1) is 0 Å². The van der Waals surface area contributed by atoms with E-state index in [-0.39, 0.29) is 29.9 Å². The van der Waals surface area contributed by atoms with Gasteiger partial charge < -0.3 is 15.1 Å². The molecule has 1 atom stereocenters. The topological polar surface area (TPSA) is 60.8 Å². The van der Waals surface area contributed by atoms with E-state index in [1.54, 1.807) is 4.90 Å². The molecule has 17 heavy (non-hydrogen) atoms. The molecule has 0 aromatic heterocycles. The van der Waals surface area contributed by atoms with E-state index in [0.29, 0.717) is 11.6 Å². The van der Waals surface area contributed by atoms with E-state index in [4.69, 9.17) is 11.6 Å². The van der Waals surface area contributed by atoms with E-state index >= 15 is 0 Å². The van der Waals surface area contributed by atoms with Gasteiger partial charge in [-0.25, -0.2) is 0 Å². The summed E-state index contributed by atoms with van der Waals surface area (Å²) in [6.45, 7) is 0.582. The van der Waals surface area contributed by atoms with Gasteiger partial charge in [-0.2, -0.15) is 0 Å². The molecule has 1 aromatic carbocycles. The zero-order valence-electron chi connectivity index (χ0n) is 9.27. The highest BCUT2D eigenvalue weighted by Gasteiger charge is 2.29. The number of aliphatic hydroxyl groups excluding tert-OH is 1. The Bertz CT molecular complexity index is 436. The van der Waals surface area contributed by atoms with Crippen molar-refractivity contribution in [1.29, 1.82) is 0 Å². The summed E-state index contributed by atoms with van der Waals surface area (Å²) in [4.78, 5) is 13.8. The Kier molecular flexibility index (Phi) is 3.54. The normalized spacial score (nSPS) is 19.6.